The Morgan fingerprint density at radius 2 is 2.50 bits per heavy atom. The molecule has 2 heterocycles. The van der Waals surface area contributed by atoms with Crippen LogP contribution in [0.25, 0.3) is 0 Å². The minimum atomic E-state index is 0.0473. The maximum absolute atomic E-state index is 5.83. The zero-order valence-corrected chi connectivity index (χ0v) is 11.5. The molecule has 2 rings (SSSR count). The molecular weight excluding hydrogens is 238 g/mol. The molecule has 1 aromatic rings. The fourth-order valence-corrected chi connectivity index (χ4v) is 3.92. The van der Waals surface area contributed by atoms with E-state index in [0.29, 0.717) is 0 Å². The van der Waals surface area contributed by atoms with Gasteiger partial charge in [-0.25, -0.2) is 4.98 Å². The monoisotopic (exact) mass is 257 g/mol. The van der Waals surface area contributed by atoms with E-state index in [1.54, 1.807) is 11.3 Å². The lowest BCUT2D eigenvalue weighted by Crippen LogP contribution is -2.37. The van der Waals surface area contributed by atoms with E-state index < -0.39 is 0 Å². The Hall–Kier alpha value is -0.260. The van der Waals surface area contributed by atoms with Gasteiger partial charge in [-0.3, -0.25) is 0 Å². The minimum absolute atomic E-state index is 0.0473. The molecule has 0 aromatic carbocycles. The lowest BCUT2D eigenvalue weighted by Gasteiger charge is -2.31. The smallest absolute Gasteiger partial charge is 0.185 e. The number of thiazole rings is 1. The third-order valence-electron chi connectivity index (χ3n) is 2.84. The molecule has 2 unspecified atom stereocenters. The van der Waals surface area contributed by atoms with Crippen LogP contribution in [0.15, 0.2) is 5.38 Å². The summed E-state index contributed by atoms with van der Waals surface area (Å²) in [7, 11) is 0. The van der Waals surface area contributed by atoms with Crippen molar-refractivity contribution in [2.24, 2.45) is 5.73 Å². The number of nitrogens with zero attached hydrogens (tertiary/aromatic N) is 2. The van der Waals surface area contributed by atoms with E-state index in [1.165, 1.54) is 12.2 Å². The van der Waals surface area contributed by atoms with Crippen LogP contribution in [-0.4, -0.2) is 29.1 Å². The maximum Gasteiger partial charge on any atom is 0.185 e. The van der Waals surface area contributed by atoms with Crippen molar-refractivity contribution in [3.05, 3.63) is 11.1 Å². The highest BCUT2D eigenvalue weighted by Gasteiger charge is 2.21. The highest BCUT2D eigenvalue weighted by molar-refractivity contribution is 8.00. The molecule has 1 fully saturated rings. The third-order valence-corrected chi connectivity index (χ3v) is 5.13. The predicted octanol–water partition coefficient (Wildman–Crippen LogP) is 2.49. The van der Waals surface area contributed by atoms with Gasteiger partial charge in [-0.1, -0.05) is 6.92 Å². The Balaban J connectivity index is 2.05. The largest absolute Gasteiger partial charge is 0.346 e. The fourth-order valence-electron chi connectivity index (χ4n) is 1.77. The van der Waals surface area contributed by atoms with Crippen LogP contribution in [0.2, 0.25) is 0 Å². The van der Waals surface area contributed by atoms with Crippen LogP contribution in [-0.2, 0) is 0 Å². The summed E-state index contributed by atoms with van der Waals surface area (Å²) in [6.45, 7) is 6.50. The lowest BCUT2D eigenvalue weighted by molar-refractivity contribution is 0.719. The molecular formula is C11H19N3S2. The molecule has 1 aromatic heterocycles. The molecule has 1 saturated heterocycles. The van der Waals surface area contributed by atoms with Crippen molar-refractivity contribution in [3.63, 3.8) is 0 Å². The Bertz CT molecular complexity index is 338. The summed E-state index contributed by atoms with van der Waals surface area (Å²) in [6, 6.07) is 0.0473. The van der Waals surface area contributed by atoms with Crippen LogP contribution in [0, 0.1) is 0 Å². The predicted molar refractivity (Wildman–Crippen MR) is 73.5 cm³/mol. The fraction of sp³-hybridized carbons (Fsp3) is 0.727. The van der Waals surface area contributed by atoms with Crippen molar-refractivity contribution in [1.82, 2.24) is 4.98 Å². The number of rotatable bonds is 3. The maximum atomic E-state index is 5.83. The molecule has 0 aliphatic carbocycles. The van der Waals surface area contributed by atoms with Crippen LogP contribution < -0.4 is 10.6 Å². The SMILES string of the molecule is CCC1CN(c2nc(C(C)N)cs2)CCS1. The molecule has 2 N–H and O–H groups in total. The summed E-state index contributed by atoms with van der Waals surface area (Å²) in [5, 5.41) is 3.99. The average Bonchev–Trinajstić information content (AvgIpc) is 2.78. The van der Waals surface area contributed by atoms with Crippen LogP contribution in [0.3, 0.4) is 0 Å². The van der Waals surface area contributed by atoms with E-state index in [-0.39, 0.29) is 6.04 Å². The molecule has 90 valence electrons. The molecule has 0 saturated carbocycles. The highest BCUT2D eigenvalue weighted by atomic mass is 32.2. The molecule has 0 spiro atoms. The van der Waals surface area contributed by atoms with Crippen LogP contribution in [0.4, 0.5) is 5.13 Å². The standard InChI is InChI=1S/C11H19N3S2/c1-3-9-6-14(4-5-15-9)11-13-10(7-16-11)8(2)12/h7-9H,3-6,12H2,1-2H3. The van der Waals surface area contributed by atoms with Gasteiger partial charge in [-0.15, -0.1) is 11.3 Å². The van der Waals surface area contributed by atoms with E-state index in [1.807, 2.05) is 6.92 Å². The van der Waals surface area contributed by atoms with Gasteiger partial charge in [-0.05, 0) is 13.3 Å². The van der Waals surface area contributed by atoms with Gasteiger partial charge in [-0.2, -0.15) is 11.8 Å². The van der Waals surface area contributed by atoms with Gasteiger partial charge in [0.25, 0.3) is 0 Å². The van der Waals surface area contributed by atoms with E-state index in [0.717, 1.165) is 29.2 Å². The number of anilines is 1. The van der Waals surface area contributed by atoms with E-state index in [9.17, 15) is 0 Å². The quantitative estimate of drug-likeness (QED) is 0.903. The zero-order chi connectivity index (χ0) is 11.5. The first kappa shape index (κ1) is 12.2. The second-order valence-electron chi connectivity index (χ2n) is 4.19. The number of nitrogens with two attached hydrogens (primary N) is 1. The number of thioether (sulfide) groups is 1. The third kappa shape index (κ3) is 2.70. The number of hydrogen-bond donors (Lipinski definition) is 1. The summed E-state index contributed by atoms with van der Waals surface area (Å²) >= 11 is 3.81. The van der Waals surface area contributed by atoms with Crippen molar-refractivity contribution < 1.29 is 0 Å². The number of aromatic nitrogens is 1. The summed E-state index contributed by atoms with van der Waals surface area (Å²) in [6.07, 6.45) is 1.24. The summed E-state index contributed by atoms with van der Waals surface area (Å²) in [5.74, 6) is 1.21. The zero-order valence-electron chi connectivity index (χ0n) is 9.85. The van der Waals surface area contributed by atoms with Crippen LogP contribution in [0.5, 0.6) is 0 Å². The Morgan fingerprint density at radius 3 is 3.12 bits per heavy atom. The Morgan fingerprint density at radius 1 is 1.69 bits per heavy atom. The summed E-state index contributed by atoms with van der Waals surface area (Å²) in [4.78, 5) is 7.02. The molecule has 16 heavy (non-hydrogen) atoms. The van der Waals surface area contributed by atoms with Crippen molar-refractivity contribution in [3.8, 4) is 0 Å². The number of hydrogen-bond acceptors (Lipinski definition) is 5. The second kappa shape index (κ2) is 5.38. The first-order chi connectivity index (χ1) is 7.70. The van der Waals surface area contributed by atoms with Crippen molar-refractivity contribution in [1.29, 1.82) is 0 Å². The van der Waals surface area contributed by atoms with Crippen molar-refractivity contribution >= 4 is 28.2 Å². The van der Waals surface area contributed by atoms with Gasteiger partial charge in [0.15, 0.2) is 5.13 Å². The first-order valence-corrected chi connectivity index (χ1v) is 7.71. The summed E-state index contributed by atoms with van der Waals surface area (Å²) in [5.41, 5.74) is 6.85. The normalized spacial score (nSPS) is 23.4. The summed E-state index contributed by atoms with van der Waals surface area (Å²) < 4.78 is 0. The van der Waals surface area contributed by atoms with Gasteiger partial charge in [0.05, 0.1) is 5.69 Å². The molecule has 3 nitrogen and oxygen atoms in total. The second-order valence-corrected chi connectivity index (χ2v) is 6.44. The van der Waals surface area contributed by atoms with Gasteiger partial charge in [0.2, 0.25) is 0 Å². The molecule has 0 amide bonds. The van der Waals surface area contributed by atoms with Crippen LogP contribution in [0.1, 0.15) is 32.0 Å². The molecule has 0 radical (unpaired) electrons. The molecule has 5 heteroatoms. The van der Waals surface area contributed by atoms with Crippen molar-refractivity contribution in [2.75, 3.05) is 23.7 Å². The van der Waals surface area contributed by atoms with E-state index >= 15 is 0 Å². The van der Waals surface area contributed by atoms with Crippen LogP contribution >= 0.6 is 23.1 Å². The van der Waals surface area contributed by atoms with Gasteiger partial charge >= 0.3 is 0 Å². The van der Waals surface area contributed by atoms with E-state index in [2.05, 4.69) is 33.9 Å². The van der Waals surface area contributed by atoms with Crippen molar-refractivity contribution in [2.45, 2.75) is 31.6 Å². The Labute approximate surface area is 105 Å². The van der Waals surface area contributed by atoms with Gasteiger partial charge in [0.1, 0.15) is 0 Å². The molecule has 1 aliphatic rings. The Kier molecular flexibility index (Phi) is 4.10. The topological polar surface area (TPSA) is 42.2 Å². The first-order valence-electron chi connectivity index (χ1n) is 5.78. The lowest BCUT2D eigenvalue weighted by atomic mass is 10.3. The molecule has 0 bridgehead atoms. The molecule has 2 atom stereocenters. The highest BCUT2D eigenvalue weighted by Crippen LogP contribution is 2.29. The minimum Gasteiger partial charge on any atom is -0.346 e. The van der Waals surface area contributed by atoms with Gasteiger partial charge in [0, 0.05) is 35.5 Å². The van der Waals surface area contributed by atoms with Gasteiger partial charge < -0.3 is 10.6 Å². The average molecular weight is 257 g/mol. The van der Waals surface area contributed by atoms with E-state index in [4.69, 9.17) is 5.73 Å². The molecule has 1 aliphatic heterocycles.